The lowest BCUT2D eigenvalue weighted by molar-refractivity contribution is 0.232. The Kier molecular flexibility index (Phi) is 5.69. The number of hydrogen-bond acceptors (Lipinski definition) is 4. The fourth-order valence-corrected chi connectivity index (χ4v) is 6.97. The number of aromatic nitrogens is 1. The smallest absolute Gasteiger partial charge is 0.181 e. The van der Waals surface area contributed by atoms with Crippen molar-refractivity contribution in [1.29, 1.82) is 0 Å². The number of thiophene rings is 1. The van der Waals surface area contributed by atoms with Crippen molar-refractivity contribution in [3.8, 4) is 10.4 Å². The number of sulfone groups is 1. The molecule has 1 N–H and O–H groups in total. The monoisotopic (exact) mass is 450 g/mol. The summed E-state index contributed by atoms with van der Waals surface area (Å²) in [6.07, 6.45) is 4.47. The number of likely N-dealkylation sites (tertiary alicyclic amines) is 1. The summed E-state index contributed by atoms with van der Waals surface area (Å²) in [5.41, 5.74) is 3.57. The second kappa shape index (κ2) is 8.61. The summed E-state index contributed by atoms with van der Waals surface area (Å²) in [5.74, 6) is 0. The maximum atomic E-state index is 13.2. The van der Waals surface area contributed by atoms with E-state index in [9.17, 15) is 8.42 Å². The molecule has 1 aliphatic heterocycles. The van der Waals surface area contributed by atoms with Gasteiger partial charge in [0.05, 0.1) is 10.1 Å². The summed E-state index contributed by atoms with van der Waals surface area (Å²) in [7, 11) is -3.29. The third-order valence-electron chi connectivity index (χ3n) is 6.33. The largest absolute Gasteiger partial charge is 0.361 e. The third kappa shape index (κ3) is 4.20. The highest BCUT2D eigenvalue weighted by Gasteiger charge is 2.31. The number of fused-ring (bicyclic) bond motifs is 1. The van der Waals surface area contributed by atoms with Crippen LogP contribution in [0.2, 0.25) is 0 Å². The van der Waals surface area contributed by atoms with Crippen molar-refractivity contribution in [1.82, 2.24) is 9.88 Å². The van der Waals surface area contributed by atoms with E-state index >= 15 is 0 Å². The fourth-order valence-electron chi connectivity index (χ4n) is 4.50. The van der Waals surface area contributed by atoms with Crippen LogP contribution in [0.5, 0.6) is 0 Å². The van der Waals surface area contributed by atoms with Crippen molar-refractivity contribution in [2.45, 2.75) is 29.4 Å². The molecule has 31 heavy (non-hydrogen) atoms. The van der Waals surface area contributed by atoms with E-state index in [1.54, 1.807) is 23.5 Å². The van der Waals surface area contributed by atoms with Crippen LogP contribution >= 0.6 is 11.3 Å². The number of H-pyrrole nitrogens is 1. The number of rotatable bonds is 6. The van der Waals surface area contributed by atoms with Crippen molar-refractivity contribution in [3.63, 3.8) is 0 Å². The van der Waals surface area contributed by atoms with Gasteiger partial charge in [-0.05, 0) is 73.1 Å². The van der Waals surface area contributed by atoms with E-state index < -0.39 is 9.84 Å². The molecule has 1 aliphatic rings. The molecular formula is C25H26N2O2S2. The van der Waals surface area contributed by atoms with Gasteiger partial charge in [-0.3, -0.25) is 0 Å². The minimum absolute atomic E-state index is 0.288. The lowest BCUT2D eigenvalue weighted by Crippen LogP contribution is -2.40. The minimum Gasteiger partial charge on any atom is -0.361 e. The molecule has 0 amide bonds. The standard InChI is InChI=1S/C25H26N2O2S2/c28-31(29,21-9-7-19(8-10-21)25-6-3-17-30-25)22-12-15-27(16-13-22)14-11-20-18-26-24-5-2-1-4-23(20)24/h1-10,17-18,22,26H,11-16H2. The van der Waals surface area contributed by atoms with E-state index in [1.807, 2.05) is 29.6 Å². The number of nitrogens with zero attached hydrogens (tertiary/aromatic N) is 1. The Bertz CT molecular complexity index is 1250. The van der Waals surface area contributed by atoms with Crippen LogP contribution in [0.15, 0.2) is 77.1 Å². The van der Waals surface area contributed by atoms with E-state index in [4.69, 9.17) is 0 Å². The Labute approximate surface area is 187 Å². The molecule has 6 heteroatoms. The summed E-state index contributed by atoms with van der Waals surface area (Å²) < 4.78 is 26.3. The molecule has 160 valence electrons. The molecule has 1 fully saturated rings. The van der Waals surface area contributed by atoms with Crippen molar-refractivity contribution in [2.75, 3.05) is 19.6 Å². The van der Waals surface area contributed by atoms with Gasteiger partial charge in [-0.15, -0.1) is 11.3 Å². The van der Waals surface area contributed by atoms with Crippen LogP contribution in [0.1, 0.15) is 18.4 Å². The highest BCUT2D eigenvalue weighted by Crippen LogP contribution is 2.29. The van der Waals surface area contributed by atoms with E-state index in [1.165, 1.54) is 16.5 Å². The first-order valence-electron chi connectivity index (χ1n) is 10.8. The van der Waals surface area contributed by atoms with Crippen LogP contribution in [0.3, 0.4) is 0 Å². The lowest BCUT2D eigenvalue weighted by Gasteiger charge is -2.31. The Hall–Kier alpha value is -2.41. The number of hydrogen-bond donors (Lipinski definition) is 1. The topological polar surface area (TPSA) is 53.2 Å². The second-order valence-electron chi connectivity index (χ2n) is 8.20. The predicted octanol–water partition coefficient (Wildman–Crippen LogP) is 5.38. The second-order valence-corrected chi connectivity index (χ2v) is 11.4. The van der Waals surface area contributed by atoms with Gasteiger partial charge in [0.25, 0.3) is 0 Å². The van der Waals surface area contributed by atoms with Crippen LogP contribution < -0.4 is 0 Å². The molecule has 4 aromatic rings. The Morgan fingerprint density at radius 3 is 2.48 bits per heavy atom. The molecule has 4 nitrogen and oxygen atoms in total. The van der Waals surface area contributed by atoms with Gasteiger partial charge in [-0.1, -0.05) is 36.4 Å². The molecule has 2 aromatic carbocycles. The van der Waals surface area contributed by atoms with Gasteiger partial charge in [0.1, 0.15) is 0 Å². The van der Waals surface area contributed by atoms with Gasteiger partial charge in [-0.25, -0.2) is 8.42 Å². The number of nitrogens with one attached hydrogen (secondary N) is 1. The zero-order valence-electron chi connectivity index (χ0n) is 17.3. The summed E-state index contributed by atoms with van der Waals surface area (Å²) in [6.45, 7) is 2.63. The molecule has 0 radical (unpaired) electrons. The van der Waals surface area contributed by atoms with E-state index in [2.05, 4.69) is 40.3 Å². The van der Waals surface area contributed by atoms with Gasteiger partial charge in [0.2, 0.25) is 0 Å². The summed E-state index contributed by atoms with van der Waals surface area (Å²) in [5, 5.41) is 3.03. The number of piperidine rings is 1. The quantitative estimate of drug-likeness (QED) is 0.429. The average molecular weight is 451 g/mol. The molecule has 0 aliphatic carbocycles. The first-order chi connectivity index (χ1) is 15.1. The minimum atomic E-state index is -3.29. The van der Waals surface area contributed by atoms with Crippen molar-refractivity contribution in [2.24, 2.45) is 0 Å². The number of aromatic amines is 1. The molecular weight excluding hydrogens is 424 g/mol. The predicted molar refractivity (Wildman–Crippen MR) is 128 cm³/mol. The van der Waals surface area contributed by atoms with Crippen molar-refractivity contribution >= 4 is 32.1 Å². The highest BCUT2D eigenvalue weighted by molar-refractivity contribution is 7.92. The molecule has 0 saturated carbocycles. The molecule has 0 atom stereocenters. The Morgan fingerprint density at radius 1 is 0.968 bits per heavy atom. The molecule has 5 rings (SSSR count). The Morgan fingerprint density at radius 2 is 1.74 bits per heavy atom. The highest BCUT2D eigenvalue weighted by atomic mass is 32.2. The van der Waals surface area contributed by atoms with E-state index in [0.717, 1.165) is 36.5 Å². The van der Waals surface area contributed by atoms with Crippen LogP contribution in [0.4, 0.5) is 0 Å². The van der Waals surface area contributed by atoms with Gasteiger partial charge >= 0.3 is 0 Å². The zero-order valence-corrected chi connectivity index (χ0v) is 19.0. The van der Waals surface area contributed by atoms with E-state index in [0.29, 0.717) is 17.7 Å². The van der Waals surface area contributed by atoms with Gasteiger partial charge in [0.15, 0.2) is 9.84 Å². The average Bonchev–Trinajstić information content (AvgIpc) is 3.49. The molecule has 0 spiro atoms. The normalized spacial score (nSPS) is 16.1. The Balaban J connectivity index is 1.19. The van der Waals surface area contributed by atoms with Crippen molar-refractivity contribution in [3.05, 3.63) is 77.8 Å². The van der Waals surface area contributed by atoms with Crippen LogP contribution in [-0.2, 0) is 16.3 Å². The summed E-state index contributed by atoms with van der Waals surface area (Å²) >= 11 is 1.66. The number of benzene rings is 2. The molecule has 2 aromatic heterocycles. The first kappa shape index (κ1) is 20.5. The molecule has 0 unspecified atom stereocenters. The maximum Gasteiger partial charge on any atom is 0.181 e. The van der Waals surface area contributed by atoms with Gasteiger partial charge in [0, 0.05) is 28.5 Å². The van der Waals surface area contributed by atoms with Crippen LogP contribution in [0.25, 0.3) is 21.3 Å². The van der Waals surface area contributed by atoms with Gasteiger partial charge in [-0.2, -0.15) is 0 Å². The third-order valence-corrected chi connectivity index (χ3v) is 9.53. The summed E-state index contributed by atoms with van der Waals surface area (Å²) in [6, 6.07) is 19.8. The lowest BCUT2D eigenvalue weighted by atomic mass is 10.1. The number of para-hydroxylation sites is 1. The van der Waals surface area contributed by atoms with E-state index in [-0.39, 0.29) is 5.25 Å². The fraction of sp³-hybridized carbons (Fsp3) is 0.280. The maximum absolute atomic E-state index is 13.2. The van der Waals surface area contributed by atoms with Gasteiger partial charge < -0.3 is 9.88 Å². The molecule has 3 heterocycles. The summed E-state index contributed by atoms with van der Waals surface area (Å²) in [4.78, 5) is 7.34. The zero-order chi connectivity index (χ0) is 21.3. The SMILES string of the molecule is O=S(=O)(c1ccc(-c2cccs2)cc1)C1CCN(CCc2c[nH]c3ccccc23)CC1. The van der Waals surface area contributed by atoms with Crippen LogP contribution in [-0.4, -0.2) is 43.2 Å². The van der Waals surface area contributed by atoms with Crippen LogP contribution in [0, 0.1) is 0 Å². The first-order valence-corrected chi connectivity index (χ1v) is 13.2. The molecule has 1 saturated heterocycles. The van der Waals surface area contributed by atoms with Crippen molar-refractivity contribution < 1.29 is 8.42 Å². The molecule has 0 bridgehead atoms.